The van der Waals surface area contributed by atoms with Crippen molar-refractivity contribution in [1.29, 1.82) is 0 Å². The van der Waals surface area contributed by atoms with Crippen LogP contribution in [0.5, 0.6) is 0 Å². The first-order valence-electron chi connectivity index (χ1n) is 7.65. The van der Waals surface area contributed by atoms with Crippen molar-refractivity contribution in [2.24, 2.45) is 0 Å². The van der Waals surface area contributed by atoms with Crippen LogP contribution in [-0.2, 0) is 4.79 Å². The first kappa shape index (κ1) is 16.5. The van der Waals surface area contributed by atoms with Crippen LogP contribution in [0.2, 0.25) is 5.02 Å². The zero-order chi connectivity index (χ0) is 17.1. The van der Waals surface area contributed by atoms with Gasteiger partial charge >= 0.3 is 0 Å². The molecule has 124 valence electrons. The Bertz CT molecular complexity index is 747. The number of rotatable bonds is 4. The highest BCUT2D eigenvalue weighted by atomic mass is 35.5. The maximum atomic E-state index is 13.2. The Labute approximate surface area is 144 Å². The van der Waals surface area contributed by atoms with E-state index in [1.54, 1.807) is 29.2 Å². The molecule has 1 aliphatic rings. The number of anilines is 1. The van der Waals surface area contributed by atoms with Crippen LogP contribution in [0.4, 0.5) is 10.1 Å². The van der Waals surface area contributed by atoms with Gasteiger partial charge in [-0.2, -0.15) is 0 Å². The van der Waals surface area contributed by atoms with Crippen LogP contribution in [0.25, 0.3) is 0 Å². The van der Waals surface area contributed by atoms with Crippen molar-refractivity contribution in [3.63, 3.8) is 0 Å². The summed E-state index contributed by atoms with van der Waals surface area (Å²) in [6.07, 6.45) is 1.28. The maximum absolute atomic E-state index is 13.2. The molecular weight excluding hydrogens is 331 g/mol. The van der Waals surface area contributed by atoms with E-state index >= 15 is 0 Å². The van der Waals surface area contributed by atoms with Crippen LogP contribution in [0.1, 0.15) is 23.2 Å². The fraction of sp³-hybridized carbons (Fsp3) is 0.222. The quantitative estimate of drug-likeness (QED) is 0.846. The fourth-order valence-electron chi connectivity index (χ4n) is 2.66. The van der Waals surface area contributed by atoms with Gasteiger partial charge in [0.25, 0.3) is 5.91 Å². The topological polar surface area (TPSA) is 40.6 Å². The van der Waals surface area contributed by atoms with E-state index in [9.17, 15) is 14.0 Å². The third-order valence-electron chi connectivity index (χ3n) is 3.96. The lowest BCUT2D eigenvalue weighted by Crippen LogP contribution is -2.42. The van der Waals surface area contributed by atoms with Crippen LogP contribution in [0, 0.1) is 5.82 Å². The summed E-state index contributed by atoms with van der Waals surface area (Å²) in [6.45, 7) is 0.760. The predicted molar refractivity (Wildman–Crippen MR) is 90.5 cm³/mol. The largest absolute Gasteiger partial charge is 0.324 e. The number of halogens is 2. The van der Waals surface area contributed by atoms with Gasteiger partial charge in [-0.15, -0.1) is 0 Å². The van der Waals surface area contributed by atoms with Gasteiger partial charge in [0.05, 0.1) is 0 Å². The Morgan fingerprint density at radius 2 is 1.79 bits per heavy atom. The van der Waals surface area contributed by atoms with Crippen molar-refractivity contribution in [3.8, 4) is 0 Å². The zero-order valence-electron chi connectivity index (χ0n) is 12.9. The van der Waals surface area contributed by atoms with E-state index < -0.39 is 0 Å². The smallest absolute Gasteiger partial charge is 0.259 e. The summed E-state index contributed by atoms with van der Waals surface area (Å²) in [5, 5.41) is 0.537. The summed E-state index contributed by atoms with van der Waals surface area (Å²) in [5.41, 5.74) is 0.992. The van der Waals surface area contributed by atoms with E-state index in [0.29, 0.717) is 29.2 Å². The van der Waals surface area contributed by atoms with E-state index in [0.717, 1.165) is 6.42 Å². The molecule has 3 rings (SSSR count). The van der Waals surface area contributed by atoms with E-state index in [1.807, 2.05) is 0 Å². The highest BCUT2D eigenvalue weighted by Gasteiger charge is 2.26. The molecule has 0 N–H and O–H groups in total. The number of amides is 2. The third kappa shape index (κ3) is 3.57. The average molecular weight is 347 g/mol. The molecule has 6 heteroatoms. The van der Waals surface area contributed by atoms with Gasteiger partial charge in [-0.25, -0.2) is 4.39 Å². The molecule has 0 aliphatic carbocycles. The molecule has 2 aromatic carbocycles. The van der Waals surface area contributed by atoms with Crippen LogP contribution in [0.15, 0.2) is 48.5 Å². The first-order chi connectivity index (χ1) is 11.5. The molecule has 2 amide bonds. The minimum atomic E-state index is -0.380. The van der Waals surface area contributed by atoms with Crippen molar-refractivity contribution >= 4 is 29.1 Å². The molecule has 0 saturated carbocycles. The normalized spacial score (nSPS) is 14.1. The van der Waals surface area contributed by atoms with Gasteiger partial charge in [-0.05, 0) is 55.0 Å². The van der Waals surface area contributed by atoms with E-state index in [-0.39, 0.29) is 24.3 Å². The number of hydrogen-bond donors (Lipinski definition) is 0. The second-order valence-corrected chi connectivity index (χ2v) is 6.06. The van der Waals surface area contributed by atoms with Crippen molar-refractivity contribution in [2.45, 2.75) is 12.8 Å². The van der Waals surface area contributed by atoms with E-state index in [4.69, 9.17) is 11.6 Å². The molecule has 24 heavy (non-hydrogen) atoms. The Balaban J connectivity index is 1.91. The van der Waals surface area contributed by atoms with Gasteiger partial charge in [-0.1, -0.05) is 11.6 Å². The maximum Gasteiger partial charge on any atom is 0.259 e. The lowest BCUT2D eigenvalue weighted by atomic mass is 10.2. The minimum absolute atomic E-state index is 0.0195. The van der Waals surface area contributed by atoms with Crippen LogP contribution < -0.4 is 4.90 Å². The Kier molecular flexibility index (Phi) is 4.81. The molecule has 4 nitrogen and oxygen atoms in total. The van der Waals surface area contributed by atoms with E-state index in [1.165, 1.54) is 29.2 Å². The minimum Gasteiger partial charge on any atom is -0.324 e. The summed E-state index contributed by atoms with van der Waals surface area (Å²) in [6, 6.07) is 12.2. The highest BCUT2D eigenvalue weighted by Crippen LogP contribution is 2.21. The number of carbonyl (C=O) groups is 2. The summed E-state index contributed by atoms with van der Waals surface area (Å²) in [5.74, 6) is -0.626. The fourth-order valence-corrected chi connectivity index (χ4v) is 2.78. The van der Waals surface area contributed by atoms with Crippen molar-refractivity contribution < 1.29 is 14.0 Å². The number of benzene rings is 2. The van der Waals surface area contributed by atoms with Gasteiger partial charge in [0.15, 0.2) is 0 Å². The Morgan fingerprint density at radius 3 is 2.38 bits per heavy atom. The molecular formula is C18H16ClFN2O2. The summed E-state index contributed by atoms with van der Waals surface area (Å²) in [4.78, 5) is 27.9. The first-order valence-corrected chi connectivity index (χ1v) is 8.03. The third-order valence-corrected chi connectivity index (χ3v) is 4.21. The Morgan fingerprint density at radius 1 is 1.12 bits per heavy atom. The standard InChI is InChI=1S/C18H16ClFN2O2/c19-14-5-3-13(4-6-14)18(24)22(12-21-11-1-2-17(21)23)16-9-7-15(20)8-10-16/h3-10H,1-2,11-12H2. The molecule has 0 radical (unpaired) electrons. The van der Waals surface area contributed by atoms with Crippen LogP contribution in [-0.4, -0.2) is 29.9 Å². The summed E-state index contributed by atoms with van der Waals surface area (Å²) >= 11 is 5.87. The molecule has 1 fully saturated rings. The molecule has 1 aliphatic heterocycles. The van der Waals surface area contributed by atoms with Gasteiger partial charge in [-0.3, -0.25) is 14.5 Å². The molecule has 0 aromatic heterocycles. The zero-order valence-corrected chi connectivity index (χ0v) is 13.7. The number of nitrogens with zero attached hydrogens (tertiary/aromatic N) is 2. The molecule has 0 atom stereocenters. The second-order valence-electron chi connectivity index (χ2n) is 5.62. The molecule has 0 bridgehead atoms. The highest BCUT2D eigenvalue weighted by molar-refractivity contribution is 6.30. The lowest BCUT2D eigenvalue weighted by molar-refractivity contribution is -0.127. The van der Waals surface area contributed by atoms with E-state index in [2.05, 4.69) is 0 Å². The molecule has 0 unspecified atom stereocenters. The van der Waals surface area contributed by atoms with Crippen LogP contribution >= 0.6 is 11.6 Å². The van der Waals surface area contributed by atoms with Gasteiger partial charge < -0.3 is 4.90 Å². The monoisotopic (exact) mass is 346 g/mol. The van der Waals surface area contributed by atoms with Gasteiger partial charge in [0.1, 0.15) is 12.5 Å². The van der Waals surface area contributed by atoms with Gasteiger partial charge in [0, 0.05) is 29.2 Å². The summed E-state index contributed by atoms with van der Waals surface area (Å²) in [7, 11) is 0. The SMILES string of the molecule is O=C1CCCN1CN(C(=O)c1ccc(Cl)cc1)c1ccc(F)cc1. The average Bonchev–Trinajstić information content (AvgIpc) is 2.99. The molecule has 0 spiro atoms. The summed E-state index contributed by atoms with van der Waals surface area (Å²) < 4.78 is 13.2. The van der Waals surface area contributed by atoms with Crippen LogP contribution in [0.3, 0.4) is 0 Å². The second kappa shape index (κ2) is 7.01. The number of carbonyl (C=O) groups excluding carboxylic acids is 2. The number of hydrogen-bond acceptors (Lipinski definition) is 2. The number of likely N-dealkylation sites (tertiary alicyclic amines) is 1. The molecule has 1 saturated heterocycles. The lowest BCUT2D eigenvalue weighted by Gasteiger charge is -2.28. The molecule has 2 aromatic rings. The van der Waals surface area contributed by atoms with Crippen molar-refractivity contribution in [3.05, 3.63) is 64.9 Å². The molecule has 1 heterocycles. The van der Waals surface area contributed by atoms with Gasteiger partial charge in [0.2, 0.25) is 5.91 Å². The van der Waals surface area contributed by atoms with Crippen molar-refractivity contribution in [1.82, 2.24) is 4.90 Å². The van der Waals surface area contributed by atoms with Crippen molar-refractivity contribution in [2.75, 3.05) is 18.1 Å². The predicted octanol–water partition coefficient (Wildman–Crippen LogP) is 3.71. The Hall–Kier alpha value is -2.40.